The van der Waals surface area contributed by atoms with E-state index in [1.165, 1.54) is 89.9 Å². The third kappa shape index (κ3) is 29.1. The highest BCUT2D eigenvalue weighted by Crippen LogP contribution is 2.18. The minimum Gasteiger partial charge on any atom is -0.481 e. The van der Waals surface area contributed by atoms with Crippen molar-refractivity contribution in [3.63, 3.8) is 0 Å². The molecule has 0 aromatic heterocycles. The minimum atomic E-state index is -0.676. The minimum absolute atomic E-state index is 0.01000. The predicted octanol–water partition coefficient (Wildman–Crippen LogP) is 9.09. The van der Waals surface area contributed by atoms with Gasteiger partial charge in [-0.1, -0.05) is 89.7 Å². The second kappa shape index (κ2) is 27.7. The van der Waals surface area contributed by atoms with Gasteiger partial charge >= 0.3 is 11.9 Å². The number of carbonyl (C=O) groups excluding carboxylic acids is 1. The summed E-state index contributed by atoms with van der Waals surface area (Å²) in [6, 6.07) is 0. The number of carboxylic acids is 1. The Balaban J connectivity index is 3.79. The fourth-order valence-electron chi connectivity index (χ4n) is 4.67. The van der Waals surface area contributed by atoms with Crippen molar-refractivity contribution in [1.29, 1.82) is 0 Å². The number of nitrogens with zero attached hydrogens (tertiary/aromatic N) is 1. The molecule has 0 aliphatic carbocycles. The number of hydrogen-bond acceptors (Lipinski definition) is 4. The highest BCUT2D eigenvalue weighted by atomic mass is 16.5. The molecule has 5 heteroatoms. The maximum Gasteiger partial charge on any atom is 0.306 e. The van der Waals surface area contributed by atoms with Gasteiger partial charge in [-0.25, -0.2) is 0 Å². The number of aliphatic carboxylic acids is 1. The molecule has 37 heavy (non-hydrogen) atoms. The van der Waals surface area contributed by atoms with Crippen LogP contribution in [0.5, 0.6) is 0 Å². The van der Waals surface area contributed by atoms with Crippen molar-refractivity contribution in [1.82, 2.24) is 4.90 Å². The van der Waals surface area contributed by atoms with Crippen molar-refractivity contribution in [3.05, 3.63) is 12.2 Å². The first kappa shape index (κ1) is 35.6. The molecule has 0 fully saturated rings. The lowest BCUT2D eigenvalue weighted by Gasteiger charge is -2.18. The fourth-order valence-corrected chi connectivity index (χ4v) is 4.67. The smallest absolute Gasteiger partial charge is 0.306 e. The Kier molecular flexibility index (Phi) is 26.7. The Morgan fingerprint density at radius 3 is 1.68 bits per heavy atom. The third-order valence-corrected chi connectivity index (χ3v) is 6.99. The molecule has 0 bridgehead atoms. The molecule has 218 valence electrons. The molecule has 0 saturated carbocycles. The van der Waals surface area contributed by atoms with Crippen LogP contribution in [-0.2, 0) is 14.3 Å². The second-order valence-electron chi connectivity index (χ2n) is 11.1. The topological polar surface area (TPSA) is 66.8 Å². The average Bonchev–Trinajstić information content (AvgIpc) is 2.85. The van der Waals surface area contributed by atoms with E-state index in [0.717, 1.165) is 51.5 Å². The molecule has 0 heterocycles. The lowest BCUT2D eigenvalue weighted by molar-refractivity contribution is -0.150. The average molecular weight is 524 g/mol. The quantitative estimate of drug-likeness (QED) is 0.0629. The van der Waals surface area contributed by atoms with Crippen LogP contribution < -0.4 is 0 Å². The van der Waals surface area contributed by atoms with Gasteiger partial charge in [-0.2, -0.15) is 0 Å². The van der Waals surface area contributed by atoms with Gasteiger partial charge in [-0.3, -0.25) is 9.59 Å². The van der Waals surface area contributed by atoms with E-state index in [2.05, 4.69) is 24.0 Å². The lowest BCUT2D eigenvalue weighted by Crippen LogP contribution is -2.20. The van der Waals surface area contributed by atoms with E-state index < -0.39 is 5.97 Å². The van der Waals surface area contributed by atoms with Crippen LogP contribution in [0.15, 0.2) is 12.2 Å². The Labute approximate surface area is 229 Å². The molecule has 0 saturated heterocycles. The molecular formula is C32H61NO4. The van der Waals surface area contributed by atoms with Crippen molar-refractivity contribution in [3.8, 4) is 0 Å². The number of ether oxygens (including phenoxy) is 1. The number of allylic oxidation sites excluding steroid dienone is 2. The van der Waals surface area contributed by atoms with Gasteiger partial charge in [0.2, 0.25) is 0 Å². The number of rotatable bonds is 28. The van der Waals surface area contributed by atoms with Crippen LogP contribution in [0.2, 0.25) is 0 Å². The zero-order valence-electron chi connectivity index (χ0n) is 24.8. The Bertz CT molecular complexity index is 547. The highest BCUT2D eigenvalue weighted by Gasteiger charge is 2.14. The number of carbonyl (C=O) groups is 2. The maximum absolute atomic E-state index is 12.3. The zero-order chi connectivity index (χ0) is 27.4. The Morgan fingerprint density at radius 2 is 1.16 bits per heavy atom. The number of unbranched alkanes of at least 4 members (excludes halogenated alkanes) is 15. The van der Waals surface area contributed by atoms with Crippen LogP contribution in [0, 0.1) is 0 Å². The summed E-state index contributed by atoms with van der Waals surface area (Å²) >= 11 is 0. The first-order chi connectivity index (χ1) is 18.0. The van der Waals surface area contributed by atoms with Crippen LogP contribution in [0.3, 0.4) is 0 Å². The Morgan fingerprint density at radius 1 is 0.676 bits per heavy atom. The molecule has 0 spiro atoms. The molecule has 0 aromatic carbocycles. The standard InChI is InChI=1S/C32H61NO4/c1-4-5-6-18-21-25-30(37-32(36)28-24-29-33(2)3)26-22-19-16-14-12-10-8-7-9-11-13-15-17-20-23-27-31(34)35/h7,9,30H,4-6,8,10-29H2,1-3H3,(H,34,35)/b9-7-. The summed E-state index contributed by atoms with van der Waals surface area (Å²) in [6.07, 6.45) is 30.2. The van der Waals surface area contributed by atoms with Gasteiger partial charge in [0.1, 0.15) is 6.10 Å². The fraction of sp³-hybridized carbons (Fsp3) is 0.875. The number of esters is 1. The Hall–Kier alpha value is -1.36. The summed E-state index contributed by atoms with van der Waals surface area (Å²) < 4.78 is 5.89. The van der Waals surface area contributed by atoms with E-state index in [9.17, 15) is 9.59 Å². The van der Waals surface area contributed by atoms with E-state index in [1.807, 2.05) is 14.1 Å². The van der Waals surface area contributed by atoms with Crippen LogP contribution in [0.25, 0.3) is 0 Å². The van der Waals surface area contributed by atoms with Crippen LogP contribution in [0.1, 0.15) is 155 Å². The summed E-state index contributed by atoms with van der Waals surface area (Å²) in [6.45, 7) is 3.18. The zero-order valence-corrected chi connectivity index (χ0v) is 24.8. The monoisotopic (exact) mass is 523 g/mol. The highest BCUT2D eigenvalue weighted by molar-refractivity contribution is 5.69. The number of hydrogen-bond donors (Lipinski definition) is 1. The SMILES string of the molecule is CCCCCCCC(CCCCCCCC/C=C\CCCCCCCC(=O)O)OC(=O)CCCN(C)C. The predicted molar refractivity (Wildman–Crippen MR) is 157 cm³/mol. The molecule has 0 aliphatic heterocycles. The second-order valence-corrected chi connectivity index (χ2v) is 11.1. The molecule has 0 amide bonds. The number of carboxylic acid groups (broad SMARTS) is 1. The lowest BCUT2D eigenvalue weighted by atomic mass is 10.0. The van der Waals surface area contributed by atoms with E-state index in [4.69, 9.17) is 9.84 Å². The summed E-state index contributed by atoms with van der Waals surface area (Å²) in [7, 11) is 4.08. The van der Waals surface area contributed by atoms with Crippen LogP contribution >= 0.6 is 0 Å². The summed E-state index contributed by atoms with van der Waals surface area (Å²) in [5.74, 6) is -0.686. The van der Waals surface area contributed by atoms with Crippen molar-refractivity contribution in [2.45, 2.75) is 161 Å². The molecule has 1 atom stereocenters. The molecular weight excluding hydrogens is 462 g/mol. The van der Waals surface area contributed by atoms with E-state index >= 15 is 0 Å². The van der Waals surface area contributed by atoms with Crippen molar-refractivity contribution >= 4 is 11.9 Å². The van der Waals surface area contributed by atoms with Crippen LogP contribution in [-0.4, -0.2) is 48.7 Å². The van der Waals surface area contributed by atoms with Gasteiger partial charge in [-0.15, -0.1) is 0 Å². The van der Waals surface area contributed by atoms with E-state index in [-0.39, 0.29) is 12.1 Å². The summed E-state index contributed by atoms with van der Waals surface area (Å²) in [5.41, 5.74) is 0. The molecule has 0 radical (unpaired) electrons. The maximum atomic E-state index is 12.3. The largest absolute Gasteiger partial charge is 0.481 e. The first-order valence-electron chi connectivity index (χ1n) is 15.7. The summed E-state index contributed by atoms with van der Waals surface area (Å²) in [5, 5.41) is 8.63. The molecule has 1 unspecified atom stereocenters. The molecule has 5 nitrogen and oxygen atoms in total. The third-order valence-electron chi connectivity index (χ3n) is 6.99. The van der Waals surface area contributed by atoms with Crippen molar-refractivity contribution in [2.75, 3.05) is 20.6 Å². The molecule has 1 N–H and O–H groups in total. The summed E-state index contributed by atoms with van der Waals surface area (Å²) in [4.78, 5) is 24.9. The molecule has 0 rings (SSSR count). The molecule has 0 aromatic rings. The first-order valence-corrected chi connectivity index (χ1v) is 15.7. The normalized spacial score (nSPS) is 12.4. The van der Waals surface area contributed by atoms with Gasteiger partial charge in [0, 0.05) is 12.8 Å². The van der Waals surface area contributed by atoms with Gasteiger partial charge in [0.05, 0.1) is 0 Å². The van der Waals surface area contributed by atoms with Crippen molar-refractivity contribution < 1.29 is 19.4 Å². The van der Waals surface area contributed by atoms with Gasteiger partial charge in [-0.05, 0) is 84.8 Å². The van der Waals surface area contributed by atoms with Crippen LogP contribution in [0.4, 0.5) is 0 Å². The molecule has 0 aliphatic rings. The van der Waals surface area contributed by atoms with Crippen molar-refractivity contribution in [2.24, 2.45) is 0 Å². The van der Waals surface area contributed by atoms with Gasteiger partial charge < -0.3 is 14.7 Å². The van der Waals surface area contributed by atoms with Gasteiger partial charge in [0.25, 0.3) is 0 Å². The van der Waals surface area contributed by atoms with E-state index in [1.54, 1.807) is 0 Å². The van der Waals surface area contributed by atoms with E-state index in [0.29, 0.717) is 12.8 Å². The van der Waals surface area contributed by atoms with Gasteiger partial charge in [0.15, 0.2) is 0 Å².